The lowest BCUT2D eigenvalue weighted by atomic mass is 10.2. The van der Waals surface area contributed by atoms with Crippen LogP contribution in [0, 0.1) is 0 Å². The Bertz CT molecular complexity index is 985. The molecule has 0 fully saturated rings. The highest BCUT2D eigenvalue weighted by Crippen LogP contribution is 2.29. The number of rotatable bonds is 7. The highest BCUT2D eigenvalue weighted by molar-refractivity contribution is 7.92. The second-order valence-electron chi connectivity index (χ2n) is 5.53. The molecule has 0 aliphatic carbocycles. The van der Waals surface area contributed by atoms with Crippen LogP contribution in [0.5, 0.6) is 11.5 Å². The molecular formula is C18H19N3O4S. The number of anilines is 1. The minimum atomic E-state index is -3.86. The second-order valence-corrected chi connectivity index (χ2v) is 7.19. The van der Waals surface area contributed by atoms with Crippen LogP contribution in [-0.4, -0.2) is 32.4 Å². The van der Waals surface area contributed by atoms with E-state index in [1.807, 2.05) is 30.3 Å². The molecule has 0 saturated carbocycles. The summed E-state index contributed by atoms with van der Waals surface area (Å²) in [5, 5.41) is 4.20. The van der Waals surface area contributed by atoms with Gasteiger partial charge in [-0.3, -0.25) is 9.40 Å². The van der Waals surface area contributed by atoms with E-state index in [4.69, 9.17) is 9.47 Å². The first-order valence-electron chi connectivity index (χ1n) is 7.83. The summed E-state index contributed by atoms with van der Waals surface area (Å²) in [5.74, 6) is 0.654. The van der Waals surface area contributed by atoms with Gasteiger partial charge in [0.15, 0.2) is 0 Å². The molecule has 0 bridgehead atoms. The van der Waals surface area contributed by atoms with E-state index in [0.717, 1.165) is 5.56 Å². The van der Waals surface area contributed by atoms with Crippen LogP contribution in [0.25, 0.3) is 0 Å². The number of hydrogen-bond acceptors (Lipinski definition) is 5. The monoisotopic (exact) mass is 373 g/mol. The van der Waals surface area contributed by atoms with E-state index in [9.17, 15) is 8.42 Å². The average molecular weight is 373 g/mol. The molecule has 0 aliphatic heterocycles. The lowest BCUT2D eigenvalue weighted by Gasteiger charge is -2.11. The van der Waals surface area contributed by atoms with E-state index in [-0.39, 0.29) is 10.6 Å². The molecule has 1 N–H and O–H groups in total. The van der Waals surface area contributed by atoms with Crippen molar-refractivity contribution in [2.75, 3.05) is 18.9 Å². The van der Waals surface area contributed by atoms with Gasteiger partial charge in [0.25, 0.3) is 10.0 Å². The molecule has 2 aromatic carbocycles. The molecule has 3 rings (SSSR count). The molecule has 0 saturated heterocycles. The number of ether oxygens (including phenoxy) is 2. The third-order valence-electron chi connectivity index (χ3n) is 3.73. The van der Waals surface area contributed by atoms with Crippen molar-refractivity contribution in [1.82, 2.24) is 9.78 Å². The zero-order valence-electron chi connectivity index (χ0n) is 14.4. The smallest absolute Gasteiger partial charge is 0.265 e. The Morgan fingerprint density at radius 1 is 1.08 bits per heavy atom. The number of aromatic nitrogens is 2. The van der Waals surface area contributed by atoms with E-state index >= 15 is 0 Å². The number of hydrogen-bond donors (Lipinski definition) is 1. The number of nitrogens with one attached hydrogen (secondary N) is 1. The van der Waals surface area contributed by atoms with Crippen LogP contribution in [0.15, 0.2) is 65.8 Å². The molecule has 26 heavy (non-hydrogen) atoms. The first-order valence-corrected chi connectivity index (χ1v) is 9.31. The van der Waals surface area contributed by atoms with E-state index in [0.29, 0.717) is 18.0 Å². The number of nitrogens with zero attached hydrogens (tertiary/aromatic N) is 2. The molecular weight excluding hydrogens is 354 g/mol. The lowest BCUT2D eigenvalue weighted by Crippen LogP contribution is -2.14. The van der Waals surface area contributed by atoms with Crippen LogP contribution in [0.3, 0.4) is 0 Å². The van der Waals surface area contributed by atoms with Crippen LogP contribution in [0.1, 0.15) is 5.56 Å². The molecule has 0 amide bonds. The minimum Gasteiger partial charge on any atom is -0.497 e. The standard InChI is InChI=1S/C18H19N3O4S/c1-24-16-8-9-17(25-2)18(10-16)26(22,23)20-15-11-19-21(13-15)12-14-6-4-3-5-7-14/h3-11,13,20H,12H2,1-2H3. The summed E-state index contributed by atoms with van der Waals surface area (Å²) in [7, 11) is -0.970. The van der Waals surface area contributed by atoms with E-state index < -0.39 is 10.0 Å². The predicted octanol–water partition coefficient (Wildman–Crippen LogP) is 2.75. The fraction of sp³-hybridized carbons (Fsp3) is 0.167. The molecule has 0 aliphatic rings. The van der Waals surface area contributed by atoms with Crippen molar-refractivity contribution in [3.8, 4) is 11.5 Å². The first kappa shape index (κ1) is 17.8. The predicted molar refractivity (Wildman–Crippen MR) is 98.1 cm³/mol. The first-order chi connectivity index (χ1) is 12.5. The molecule has 8 heteroatoms. The summed E-state index contributed by atoms with van der Waals surface area (Å²) in [4.78, 5) is -0.00448. The fourth-order valence-corrected chi connectivity index (χ4v) is 3.69. The molecule has 3 aromatic rings. The van der Waals surface area contributed by atoms with Crippen molar-refractivity contribution in [3.05, 3.63) is 66.5 Å². The Morgan fingerprint density at radius 2 is 1.85 bits per heavy atom. The summed E-state index contributed by atoms with van der Waals surface area (Å²) in [5.41, 5.74) is 1.44. The summed E-state index contributed by atoms with van der Waals surface area (Å²) < 4.78 is 39.9. The number of methoxy groups -OCH3 is 2. The Kier molecular flexibility index (Phi) is 5.13. The van der Waals surface area contributed by atoms with Gasteiger partial charge in [-0.1, -0.05) is 30.3 Å². The van der Waals surface area contributed by atoms with Crippen molar-refractivity contribution in [2.45, 2.75) is 11.4 Å². The Labute approximate surface area is 152 Å². The molecule has 1 heterocycles. The highest BCUT2D eigenvalue weighted by Gasteiger charge is 2.21. The highest BCUT2D eigenvalue weighted by atomic mass is 32.2. The maximum Gasteiger partial charge on any atom is 0.265 e. The summed E-state index contributed by atoms with van der Waals surface area (Å²) in [6, 6.07) is 14.4. The molecule has 0 atom stereocenters. The minimum absolute atomic E-state index is 0.00448. The molecule has 0 radical (unpaired) electrons. The zero-order chi connectivity index (χ0) is 18.6. The van der Waals surface area contributed by atoms with Gasteiger partial charge in [-0.2, -0.15) is 5.10 Å². The van der Waals surface area contributed by atoms with E-state index in [2.05, 4.69) is 9.82 Å². The lowest BCUT2D eigenvalue weighted by molar-refractivity contribution is 0.392. The van der Waals surface area contributed by atoms with Crippen LogP contribution in [-0.2, 0) is 16.6 Å². The second kappa shape index (κ2) is 7.49. The third kappa shape index (κ3) is 3.97. The van der Waals surface area contributed by atoms with Gasteiger partial charge >= 0.3 is 0 Å². The fourth-order valence-electron chi connectivity index (χ4n) is 2.48. The Morgan fingerprint density at radius 3 is 2.54 bits per heavy atom. The quantitative estimate of drug-likeness (QED) is 0.689. The number of benzene rings is 2. The molecule has 1 aromatic heterocycles. The maximum atomic E-state index is 12.7. The largest absolute Gasteiger partial charge is 0.497 e. The third-order valence-corrected chi connectivity index (χ3v) is 5.14. The van der Waals surface area contributed by atoms with Gasteiger partial charge in [-0.15, -0.1) is 0 Å². The van der Waals surface area contributed by atoms with Gasteiger partial charge in [0, 0.05) is 12.3 Å². The van der Waals surface area contributed by atoms with Gasteiger partial charge in [0.05, 0.1) is 32.6 Å². The Hall–Kier alpha value is -3.00. The summed E-state index contributed by atoms with van der Waals surface area (Å²) in [6.07, 6.45) is 3.10. The number of sulfonamides is 1. The summed E-state index contributed by atoms with van der Waals surface area (Å²) in [6.45, 7) is 0.547. The SMILES string of the molecule is COc1ccc(OC)c(S(=O)(=O)Nc2cnn(Cc3ccccc3)c2)c1. The summed E-state index contributed by atoms with van der Waals surface area (Å²) >= 11 is 0. The molecule has 7 nitrogen and oxygen atoms in total. The topological polar surface area (TPSA) is 82.4 Å². The van der Waals surface area contributed by atoms with E-state index in [1.165, 1.54) is 26.5 Å². The van der Waals surface area contributed by atoms with Crippen molar-refractivity contribution in [2.24, 2.45) is 0 Å². The van der Waals surface area contributed by atoms with Gasteiger partial charge in [-0.25, -0.2) is 8.42 Å². The molecule has 0 spiro atoms. The molecule has 136 valence electrons. The van der Waals surface area contributed by atoms with E-state index in [1.54, 1.807) is 23.0 Å². The maximum absolute atomic E-state index is 12.7. The van der Waals surface area contributed by atoms with Crippen LogP contribution in [0.4, 0.5) is 5.69 Å². The zero-order valence-corrected chi connectivity index (χ0v) is 15.2. The van der Waals surface area contributed by atoms with Gasteiger partial charge in [0.1, 0.15) is 16.4 Å². The van der Waals surface area contributed by atoms with Crippen molar-refractivity contribution in [1.29, 1.82) is 0 Å². The average Bonchev–Trinajstić information content (AvgIpc) is 3.08. The van der Waals surface area contributed by atoms with Gasteiger partial charge in [0.2, 0.25) is 0 Å². The normalized spacial score (nSPS) is 11.2. The van der Waals surface area contributed by atoms with Crippen LogP contribution in [0.2, 0.25) is 0 Å². The van der Waals surface area contributed by atoms with Crippen molar-refractivity contribution < 1.29 is 17.9 Å². The van der Waals surface area contributed by atoms with Crippen LogP contribution < -0.4 is 14.2 Å². The van der Waals surface area contributed by atoms with Gasteiger partial charge < -0.3 is 9.47 Å². The molecule has 0 unspecified atom stereocenters. The Balaban J connectivity index is 1.82. The van der Waals surface area contributed by atoms with Crippen LogP contribution >= 0.6 is 0 Å². The van der Waals surface area contributed by atoms with Crippen molar-refractivity contribution in [3.63, 3.8) is 0 Å². The van der Waals surface area contributed by atoms with Crippen molar-refractivity contribution >= 4 is 15.7 Å². The van der Waals surface area contributed by atoms with Gasteiger partial charge in [-0.05, 0) is 17.7 Å².